The molecule has 0 saturated carbocycles. The van der Waals surface area contributed by atoms with Gasteiger partial charge in [0.1, 0.15) is 11.5 Å². The highest BCUT2D eigenvalue weighted by atomic mass is 35.5. The first-order valence-corrected chi connectivity index (χ1v) is 22.7. The molecule has 5 heterocycles. The molecule has 2 N–H and O–H groups in total. The van der Waals surface area contributed by atoms with Gasteiger partial charge in [-0.15, -0.1) is 11.6 Å². The Kier molecular flexibility index (Phi) is 13.5. The summed E-state index contributed by atoms with van der Waals surface area (Å²) >= 11 is 15.4. The maximum atomic E-state index is 7.83. The van der Waals surface area contributed by atoms with Crippen LogP contribution in [0.15, 0.2) is 119 Å². The summed E-state index contributed by atoms with van der Waals surface area (Å²) in [7, 11) is 0. The number of fused-ring (bicyclic) bond motifs is 6. The van der Waals surface area contributed by atoms with Crippen LogP contribution in [0.5, 0.6) is 11.5 Å². The standard InChI is InChI=1S/C50H62Cl2N6O2/c1-7-57(8-2,9-3)31-13-33-59-43-22-15-37(16-23-43)48-45-26-19-39(53-45)35-41-21-28-47(55-41)50(52,49(51)30-29-42(56-49)36-40-20-27-46(48)54-40)38-17-24-44(25-18-38)60-34-14-32-58(10-4,11-5)12-6/h15-30,35-36,53,55H,7-14,31-34H2,1-6H3/q+2. The number of rotatable bonds is 18. The van der Waals surface area contributed by atoms with Crippen LogP contribution < -0.4 is 20.2 Å². The van der Waals surface area contributed by atoms with Crippen molar-refractivity contribution in [2.24, 2.45) is 9.98 Å². The molecule has 0 fully saturated rings. The van der Waals surface area contributed by atoms with Gasteiger partial charge in [-0.1, -0.05) is 35.9 Å². The number of hydrogen-bond donors (Lipinski definition) is 2. The molecule has 2 unspecified atom stereocenters. The van der Waals surface area contributed by atoms with Crippen molar-refractivity contribution in [2.45, 2.75) is 64.3 Å². The number of benzene rings is 2. The van der Waals surface area contributed by atoms with Gasteiger partial charge >= 0.3 is 0 Å². The van der Waals surface area contributed by atoms with E-state index >= 15 is 0 Å². The molecule has 0 amide bonds. The van der Waals surface area contributed by atoms with Gasteiger partial charge in [-0.2, -0.15) is 0 Å². The first-order chi connectivity index (χ1) is 29.0. The quantitative estimate of drug-likeness (QED) is 0.0454. The minimum Gasteiger partial charge on any atom is -0.493 e. The van der Waals surface area contributed by atoms with Gasteiger partial charge in [0.25, 0.3) is 0 Å². The number of quaternary nitrogens is 2. The summed E-state index contributed by atoms with van der Waals surface area (Å²) in [5.74, 6) is 1.66. The number of hydrogen-bond acceptors (Lipinski definition) is 4. The Morgan fingerprint density at radius 1 is 0.633 bits per heavy atom. The molecule has 3 aliphatic rings. The van der Waals surface area contributed by atoms with Gasteiger partial charge in [-0.05, 0) is 138 Å². The predicted octanol–water partition coefficient (Wildman–Crippen LogP) is 9.00. The van der Waals surface area contributed by atoms with Crippen molar-refractivity contribution >= 4 is 46.3 Å². The molecule has 0 spiro atoms. The van der Waals surface area contributed by atoms with Crippen molar-refractivity contribution in [3.63, 3.8) is 0 Å². The first kappa shape index (κ1) is 43.5. The Bertz CT molecular complexity index is 2380. The lowest BCUT2D eigenvalue weighted by Crippen LogP contribution is -2.48. The third-order valence-corrected chi connectivity index (χ3v) is 14.6. The minimum absolute atomic E-state index is 0.656. The number of nitrogens with one attached hydrogen (secondary N) is 2. The normalized spacial score (nSPS) is 19.9. The Hall–Kier alpha value is -4.60. The molecular weight excluding hydrogens is 787 g/mol. The van der Waals surface area contributed by atoms with Crippen LogP contribution in [-0.4, -0.2) is 101 Å². The fourth-order valence-electron chi connectivity index (χ4n) is 8.94. The first-order valence-electron chi connectivity index (χ1n) is 22.0. The number of alkyl halides is 2. The number of ether oxygens (including phenoxy) is 2. The summed E-state index contributed by atoms with van der Waals surface area (Å²) in [6.07, 6.45) is 13.9. The predicted molar refractivity (Wildman–Crippen MR) is 250 cm³/mol. The number of aromatic nitrogens is 2. The summed E-state index contributed by atoms with van der Waals surface area (Å²) in [5.41, 5.74) is 6.73. The Labute approximate surface area is 366 Å². The van der Waals surface area contributed by atoms with E-state index in [0.29, 0.717) is 18.9 Å². The maximum Gasteiger partial charge on any atom is 0.181 e. The molecule has 4 aromatic rings. The third kappa shape index (κ3) is 8.89. The topological polar surface area (TPSA) is 74.8 Å². The van der Waals surface area contributed by atoms with Crippen LogP contribution in [0.1, 0.15) is 76.9 Å². The molecule has 0 saturated heterocycles. The molecular formula is C50H62Cl2N6O2+2. The molecule has 8 nitrogen and oxygen atoms in total. The molecule has 8 bridgehead atoms. The van der Waals surface area contributed by atoms with Gasteiger partial charge in [-0.25, -0.2) is 4.99 Å². The van der Waals surface area contributed by atoms with Crippen molar-refractivity contribution in [3.05, 3.63) is 142 Å². The highest BCUT2D eigenvalue weighted by Crippen LogP contribution is 2.52. The lowest BCUT2D eigenvalue weighted by atomic mass is 9.87. The van der Waals surface area contributed by atoms with Crippen molar-refractivity contribution in [1.29, 1.82) is 0 Å². The average Bonchev–Trinajstić information content (AvgIpc) is 4.12. The van der Waals surface area contributed by atoms with Crippen LogP contribution in [0.3, 0.4) is 0 Å². The molecule has 60 heavy (non-hydrogen) atoms. The van der Waals surface area contributed by atoms with Crippen molar-refractivity contribution in [1.82, 2.24) is 9.97 Å². The fourth-order valence-corrected chi connectivity index (χ4v) is 9.66. The summed E-state index contributed by atoms with van der Waals surface area (Å²) in [5, 5.41) is 1.88. The van der Waals surface area contributed by atoms with Gasteiger partial charge in [-0.3, -0.25) is 4.99 Å². The van der Waals surface area contributed by atoms with E-state index < -0.39 is 9.87 Å². The van der Waals surface area contributed by atoms with Crippen LogP contribution in [0.25, 0.3) is 11.6 Å². The molecule has 2 aromatic heterocycles. The van der Waals surface area contributed by atoms with Crippen LogP contribution in [0, 0.1) is 0 Å². The molecule has 2 atom stereocenters. The lowest BCUT2D eigenvalue weighted by Gasteiger charge is -2.37. The van der Waals surface area contributed by atoms with Gasteiger partial charge in [0.2, 0.25) is 0 Å². The number of H-pyrrole nitrogens is 2. The van der Waals surface area contributed by atoms with Crippen molar-refractivity contribution in [3.8, 4) is 11.5 Å². The molecule has 0 aliphatic carbocycles. The summed E-state index contributed by atoms with van der Waals surface area (Å²) in [4.78, 5) is 14.8. The zero-order valence-corrected chi connectivity index (χ0v) is 37.8. The zero-order chi connectivity index (χ0) is 42.4. The minimum atomic E-state index is -1.34. The van der Waals surface area contributed by atoms with E-state index in [1.165, 1.54) is 0 Å². The van der Waals surface area contributed by atoms with E-state index in [4.69, 9.17) is 42.7 Å². The molecule has 0 radical (unpaired) electrons. The number of aliphatic imine (C=N–C) groups is 2. The van der Waals surface area contributed by atoms with E-state index in [0.717, 1.165) is 136 Å². The molecule has 7 rings (SSSR count). The number of allylic oxidation sites excluding steroid dienone is 4. The lowest BCUT2D eigenvalue weighted by molar-refractivity contribution is -0.923. The van der Waals surface area contributed by atoms with Gasteiger partial charge in [0.15, 0.2) is 9.87 Å². The van der Waals surface area contributed by atoms with Crippen LogP contribution in [0.2, 0.25) is 0 Å². The second-order valence-corrected chi connectivity index (χ2v) is 17.4. The SMILES string of the molecule is CC[N+](CC)(CC)CCCOc1ccc(C2=c3ccc([nH]3)=Cc3ccc([nH]3)C(Cl)(c3ccc(OCCC[N+](CC)(CC)CC)cc3)C3(Cl)C=CC(=N3)C=C3C=CC2=N3)cc1. The van der Waals surface area contributed by atoms with Crippen LogP contribution in [0.4, 0.5) is 0 Å². The van der Waals surface area contributed by atoms with Crippen molar-refractivity contribution < 1.29 is 18.4 Å². The molecule has 3 aliphatic heterocycles. The number of nitrogens with zero attached hydrogens (tertiary/aromatic N) is 4. The van der Waals surface area contributed by atoms with E-state index in [1.54, 1.807) is 0 Å². The number of aromatic amines is 2. The van der Waals surface area contributed by atoms with E-state index in [-0.39, 0.29) is 0 Å². The number of halogens is 2. The maximum absolute atomic E-state index is 7.83. The average molecular weight is 850 g/mol. The van der Waals surface area contributed by atoms with Gasteiger partial charge in [0.05, 0.1) is 82.7 Å². The summed E-state index contributed by atoms with van der Waals surface area (Å²) in [6.45, 7) is 24.1. The largest absolute Gasteiger partial charge is 0.493 e. The van der Waals surface area contributed by atoms with Crippen molar-refractivity contribution in [2.75, 3.05) is 65.6 Å². The van der Waals surface area contributed by atoms with Gasteiger partial charge < -0.3 is 28.4 Å². The highest BCUT2D eigenvalue weighted by Gasteiger charge is 2.53. The Morgan fingerprint density at radius 2 is 1.23 bits per heavy atom. The van der Waals surface area contributed by atoms with Gasteiger partial charge in [0, 0.05) is 40.5 Å². The highest BCUT2D eigenvalue weighted by molar-refractivity contribution is 6.38. The second-order valence-electron chi connectivity index (χ2n) is 16.3. The van der Waals surface area contributed by atoms with Crippen LogP contribution >= 0.6 is 23.2 Å². The molecule has 2 aromatic carbocycles. The smallest absolute Gasteiger partial charge is 0.181 e. The van der Waals surface area contributed by atoms with E-state index in [2.05, 4.69) is 100 Å². The fraction of sp³-hybridized carbons (Fsp3) is 0.400. The summed E-state index contributed by atoms with van der Waals surface area (Å²) in [6, 6.07) is 24.5. The van der Waals surface area contributed by atoms with Crippen LogP contribution in [-0.2, 0) is 4.87 Å². The third-order valence-electron chi connectivity index (χ3n) is 13.3. The Morgan fingerprint density at radius 3 is 1.83 bits per heavy atom. The van der Waals surface area contributed by atoms with E-state index in [1.807, 2.05) is 60.7 Å². The zero-order valence-electron chi connectivity index (χ0n) is 36.2. The monoisotopic (exact) mass is 848 g/mol. The molecule has 316 valence electrons. The molecule has 10 heteroatoms. The summed E-state index contributed by atoms with van der Waals surface area (Å²) < 4.78 is 14.7. The Balaban J connectivity index is 1.18. The second kappa shape index (κ2) is 18.6. The van der Waals surface area contributed by atoms with E-state index in [9.17, 15) is 0 Å².